The van der Waals surface area contributed by atoms with E-state index < -0.39 is 0 Å². The predicted molar refractivity (Wildman–Crippen MR) is 86.0 cm³/mol. The number of para-hydroxylation sites is 2. The van der Waals surface area contributed by atoms with Crippen molar-refractivity contribution in [2.75, 3.05) is 7.05 Å². The normalized spacial score (nSPS) is 11.7. The maximum Gasteiger partial charge on any atom is 0.194 e. The summed E-state index contributed by atoms with van der Waals surface area (Å²) in [5.41, 5.74) is 3.20. The molecule has 0 radical (unpaired) electrons. The van der Waals surface area contributed by atoms with Crippen LogP contribution >= 0.6 is 23.1 Å². The second-order valence-electron chi connectivity index (χ2n) is 4.61. The van der Waals surface area contributed by atoms with Crippen molar-refractivity contribution in [1.29, 1.82) is 0 Å². The molecule has 0 aliphatic heterocycles. The van der Waals surface area contributed by atoms with Gasteiger partial charge in [0, 0.05) is 18.1 Å². The number of nitrogens with zero attached hydrogens (tertiary/aromatic N) is 3. The number of rotatable bonds is 4. The van der Waals surface area contributed by atoms with Crippen LogP contribution in [-0.4, -0.2) is 26.4 Å². The van der Waals surface area contributed by atoms with Gasteiger partial charge in [0.2, 0.25) is 0 Å². The fraction of sp³-hybridized carbons (Fsp3) is 0.143. The zero-order valence-electron chi connectivity index (χ0n) is 11.3. The van der Waals surface area contributed by atoms with Crippen LogP contribution in [0.15, 0.2) is 46.0 Å². The third-order valence-electron chi connectivity index (χ3n) is 3.23. The van der Waals surface area contributed by atoms with Gasteiger partial charge in [-0.25, -0.2) is 9.97 Å². The van der Waals surface area contributed by atoms with Gasteiger partial charge in [-0.05, 0) is 30.9 Å². The second kappa shape index (κ2) is 5.18. The van der Waals surface area contributed by atoms with Gasteiger partial charge in [0.25, 0.3) is 0 Å². The Bertz CT molecular complexity index is 871. The summed E-state index contributed by atoms with van der Waals surface area (Å²) in [7, 11) is 1.95. The molecule has 2 N–H and O–H groups in total. The van der Waals surface area contributed by atoms with Gasteiger partial charge < -0.3 is 10.3 Å². The van der Waals surface area contributed by atoms with Crippen molar-refractivity contribution in [2.24, 2.45) is 0 Å². The monoisotopic (exact) mass is 315 g/mol. The molecule has 3 aromatic heterocycles. The predicted octanol–water partition coefficient (Wildman–Crippen LogP) is 3.14. The maximum atomic E-state index is 4.70. The van der Waals surface area contributed by atoms with E-state index in [1.165, 1.54) is 5.69 Å². The van der Waals surface area contributed by atoms with Crippen molar-refractivity contribution in [2.45, 2.75) is 16.7 Å². The lowest BCUT2D eigenvalue weighted by atomic mass is 10.3. The molecule has 5 nitrogen and oxygen atoms in total. The van der Waals surface area contributed by atoms with E-state index in [1.54, 1.807) is 23.1 Å². The summed E-state index contributed by atoms with van der Waals surface area (Å²) in [6.07, 6.45) is 2.06. The van der Waals surface area contributed by atoms with Crippen molar-refractivity contribution >= 4 is 39.1 Å². The minimum Gasteiger partial charge on any atom is -0.333 e. The Morgan fingerprint density at radius 2 is 2.24 bits per heavy atom. The minimum atomic E-state index is 0.778. The Morgan fingerprint density at radius 1 is 1.33 bits per heavy atom. The number of benzene rings is 1. The molecule has 106 valence electrons. The van der Waals surface area contributed by atoms with Gasteiger partial charge in [0.15, 0.2) is 10.1 Å². The van der Waals surface area contributed by atoms with Crippen molar-refractivity contribution in [1.82, 2.24) is 24.7 Å². The topological polar surface area (TPSA) is 58.0 Å². The van der Waals surface area contributed by atoms with E-state index in [-0.39, 0.29) is 0 Å². The van der Waals surface area contributed by atoms with Crippen molar-refractivity contribution < 1.29 is 0 Å². The molecule has 3 heterocycles. The number of thiazole rings is 1. The number of hydrogen-bond acceptors (Lipinski definition) is 5. The molecule has 0 atom stereocenters. The van der Waals surface area contributed by atoms with Crippen LogP contribution in [0.2, 0.25) is 0 Å². The van der Waals surface area contributed by atoms with Crippen LogP contribution in [0.25, 0.3) is 16.0 Å². The molecule has 0 saturated heterocycles. The van der Waals surface area contributed by atoms with E-state index in [1.807, 2.05) is 31.3 Å². The van der Waals surface area contributed by atoms with Gasteiger partial charge in [0.05, 0.1) is 16.7 Å². The zero-order chi connectivity index (χ0) is 14.2. The second-order valence-corrected chi connectivity index (χ2v) is 6.46. The van der Waals surface area contributed by atoms with Crippen LogP contribution in [0.3, 0.4) is 0 Å². The molecule has 21 heavy (non-hydrogen) atoms. The summed E-state index contributed by atoms with van der Waals surface area (Å²) >= 11 is 3.22. The highest BCUT2D eigenvalue weighted by atomic mass is 32.2. The number of aromatic amines is 1. The Morgan fingerprint density at radius 3 is 3.10 bits per heavy atom. The van der Waals surface area contributed by atoms with Crippen molar-refractivity contribution in [3.05, 3.63) is 41.5 Å². The minimum absolute atomic E-state index is 0.778. The Hall–Kier alpha value is -1.83. The molecular weight excluding hydrogens is 302 g/mol. The van der Waals surface area contributed by atoms with E-state index in [0.717, 1.165) is 32.7 Å². The quantitative estimate of drug-likeness (QED) is 0.607. The molecule has 0 spiro atoms. The van der Waals surface area contributed by atoms with E-state index in [2.05, 4.69) is 31.3 Å². The fourth-order valence-electron chi connectivity index (χ4n) is 2.29. The van der Waals surface area contributed by atoms with Gasteiger partial charge in [-0.3, -0.25) is 4.40 Å². The molecular formula is C14H13N5S2. The first-order valence-corrected chi connectivity index (χ1v) is 8.26. The Balaban J connectivity index is 1.75. The largest absolute Gasteiger partial charge is 0.333 e. The SMILES string of the molecule is CNCc1c(Sc2nc3ccccc3[nH]2)nc2sccn12. The first kappa shape index (κ1) is 12.9. The molecule has 1 aromatic carbocycles. The van der Waals surface area contributed by atoms with Gasteiger partial charge in [-0.15, -0.1) is 11.3 Å². The highest BCUT2D eigenvalue weighted by Gasteiger charge is 2.15. The molecule has 0 aliphatic rings. The molecule has 0 fully saturated rings. The van der Waals surface area contributed by atoms with Gasteiger partial charge in [-0.2, -0.15) is 0 Å². The molecule has 0 aliphatic carbocycles. The lowest BCUT2D eigenvalue weighted by Crippen LogP contribution is -2.08. The van der Waals surface area contributed by atoms with Crippen LogP contribution in [0.5, 0.6) is 0 Å². The molecule has 0 bridgehead atoms. The first-order valence-electron chi connectivity index (χ1n) is 6.57. The van der Waals surface area contributed by atoms with Crippen LogP contribution in [0, 0.1) is 0 Å². The van der Waals surface area contributed by atoms with Crippen LogP contribution < -0.4 is 5.32 Å². The Kier molecular flexibility index (Phi) is 3.17. The smallest absolute Gasteiger partial charge is 0.194 e. The van der Waals surface area contributed by atoms with Gasteiger partial charge >= 0.3 is 0 Å². The molecule has 7 heteroatoms. The molecule has 0 unspecified atom stereocenters. The molecule has 4 rings (SSSR count). The fourth-order valence-corrected chi connectivity index (χ4v) is 3.99. The number of nitrogens with one attached hydrogen (secondary N) is 2. The summed E-state index contributed by atoms with van der Waals surface area (Å²) in [6.45, 7) is 0.778. The number of hydrogen-bond donors (Lipinski definition) is 2. The number of aromatic nitrogens is 4. The van der Waals surface area contributed by atoms with Crippen LogP contribution in [0.4, 0.5) is 0 Å². The van der Waals surface area contributed by atoms with Gasteiger partial charge in [-0.1, -0.05) is 12.1 Å². The number of fused-ring (bicyclic) bond motifs is 2. The van der Waals surface area contributed by atoms with E-state index >= 15 is 0 Å². The lowest BCUT2D eigenvalue weighted by Gasteiger charge is -2.01. The number of H-pyrrole nitrogens is 1. The van der Waals surface area contributed by atoms with E-state index in [4.69, 9.17) is 4.98 Å². The summed E-state index contributed by atoms with van der Waals surface area (Å²) in [6, 6.07) is 8.05. The average molecular weight is 315 g/mol. The first-order chi connectivity index (χ1) is 10.3. The van der Waals surface area contributed by atoms with Crippen LogP contribution in [0.1, 0.15) is 5.69 Å². The lowest BCUT2D eigenvalue weighted by molar-refractivity contribution is 0.764. The van der Waals surface area contributed by atoms with Gasteiger partial charge in [0.1, 0.15) is 5.03 Å². The highest BCUT2D eigenvalue weighted by molar-refractivity contribution is 7.99. The summed E-state index contributed by atoms with van der Waals surface area (Å²) in [5, 5.41) is 7.13. The highest BCUT2D eigenvalue weighted by Crippen LogP contribution is 2.31. The standard InChI is InChI=1S/C14H13N5S2/c1-15-8-11-12(18-14-19(11)6-7-20-14)21-13-16-9-4-2-3-5-10(9)17-13/h2-7,15H,8H2,1H3,(H,16,17). The summed E-state index contributed by atoms with van der Waals surface area (Å²) < 4.78 is 2.13. The molecule has 0 saturated carbocycles. The third-order valence-corrected chi connectivity index (χ3v) is 4.89. The third kappa shape index (κ3) is 2.23. The van der Waals surface area contributed by atoms with E-state index in [0.29, 0.717) is 0 Å². The summed E-state index contributed by atoms with van der Waals surface area (Å²) in [5.74, 6) is 0. The average Bonchev–Trinajstić information content (AvgIpc) is 3.15. The van der Waals surface area contributed by atoms with E-state index in [9.17, 15) is 0 Å². The Labute approximate surface area is 129 Å². The van der Waals surface area contributed by atoms with Crippen molar-refractivity contribution in [3.8, 4) is 0 Å². The van der Waals surface area contributed by atoms with Crippen LogP contribution in [-0.2, 0) is 6.54 Å². The summed E-state index contributed by atoms with van der Waals surface area (Å²) in [4.78, 5) is 13.7. The molecule has 4 aromatic rings. The molecule has 0 amide bonds. The van der Waals surface area contributed by atoms with Crippen molar-refractivity contribution in [3.63, 3.8) is 0 Å². The number of imidazole rings is 2. The zero-order valence-corrected chi connectivity index (χ0v) is 13.0. The maximum absolute atomic E-state index is 4.70.